The first-order chi connectivity index (χ1) is 3.81. The van der Waals surface area contributed by atoms with Crippen molar-refractivity contribution in [2.75, 3.05) is 6.61 Å². The molecule has 0 bridgehead atoms. The van der Waals surface area contributed by atoms with E-state index in [1.165, 1.54) is 0 Å². The van der Waals surface area contributed by atoms with Crippen LogP contribution in [0.25, 0.3) is 0 Å². The van der Waals surface area contributed by atoms with Gasteiger partial charge in [0, 0.05) is 12.8 Å². The average molecular weight is 112 g/mol. The van der Waals surface area contributed by atoms with Gasteiger partial charge in [-0.1, -0.05) is 0 Å². The van der Waals surface area contributed by atoms with Crippen LogP contribution < -0.4 is 0 Å². The van der Waals surface area contributed by atoms with Gasteiger partial charge in [-0.2, -0.15) is 0 Å². The second-order valence-corrected chi connectivity index (χ2v) is 1.40. The van der Waals surface area contributed by atoms with Crippen LogP contribution in [0.5, 0.6) is 0 Å². The molecule has 2 nitrogen and oxygen atoms in total. The molecule has 0 aromatic carbocycles. The first kappa shape index (κ1) is 7.19. The van der Waals surface area contributed by atoms with Gasteiger partial charge in [-0.25, -0.2) is 0 Å². The molecule has 0 rings (SSSR count). The van der Waals surface area contributed by atoms with Gasteiger partial charge in [-0.05, 0) is 0 Å². The number of aliphatic hydroxyl groups excluding tert-OH is 1. The molecule has 0 saturated heterocycles. The van der Waals surface area contributed by atoms with Crippen LogP contribution >= 0.6 is 0 Å². The van der Waals surface area contributed by atoms with Gasteiger partial charge in [-0.15, -0.1) is 12.3 Å². The van der Waals surface area contributed by atoms with Crippen LogP contribution in [-0.2, 0) is 4.79 Å². The van der Waals surface area contributed by atoms with Crippen LogP contribution in [0.2, 0.25) is 0 Å². The molecule has 0 unspecified atom stereocenters. The fourth-order valence-corrected chi connectivity index (χ4v) is 0.291. The lowest BCUT2D eigenvalue weighted by Gasteiger charge is -1.86. The summed E-state index contributed by atoms with van der Waals surface area (Å²) in [7, 11) is 0. The predicted octanol–water partition coefficient (Wildman–Crippen LogP) is -0.0388. The quantitative estimate of drug-likeness (QED) is 0.520. The molecule has 0 radical (unpaired) electrons. The van der Waals surface area contributed by atoms with Crippen LogP contribution in [0.4, 0.5) is 0 Å². The van der Waals surface area contributed by atoms with E-state index in [4.69, 9.17) is 11.5 Å². The van der Waals surface area contributed by atoms with Crippen molar-refractivity contribution in [1.82, 2.24) is 0 Å². The molecule has 0 atom stereocenters. The highest BCUT2D eigenvalue weighted by Gasteiger charge is 1.94. The lowest BCUT2D eigenvalue weighted by atomic mass is 10.2. The second kappa shape index (κ2) is 4.35. The van der Waals surface area contributed by atoms with Gasteiger partial charge in [0.2, 0.25) is 0 Å². The van der Waals surface area contributed by atoms with Gasteiger partial charge in [0.25, 0.3) is 0 Å². The minimum Gasteiger partial charge on any atom is -0.389 e. The lowest BCUT2D eigenvalue weighted by Crippen LogP contribution is -2.01. The maximum Gasteiger partial charge on any atom is 0.159 e. The highest BCUT2D eigenvalue weighted by atomic mass is 16.3. The normalized spacial score (nSPS) is 8.00. The van der Waals surface area contributed by atoms with Gasteiger partial charge in [-0.3, -0.25) is 4.79 Å². The molecular formula is C6H8O2. The molecule has 0 spiro atoms. The van der Waals surface area contributed by atoms with E-state index in [1.54, 1.807) is 0 Å². The standard InChI is InChI=1S/C6H8O2/c1-2-3-4-6(8)5-7/h1,7H,3-5H2. The summed E-state index contributed by atoms with van der Waals surface area (Å²) < 4.78 is 0. The fourth-order valence-electron chi connectivity index (χ4n) is 0.291. The SMILES string of the molecule is C#CCCC(=O)CO. The number of carbonyl (C=O) groups excluding carboxylic acids is 1. The van der Waals surface area contributed by atoms with Gasteiger partial charge in [0.1, 0.15) is 6.61 Å². The Hall–Kier alpha value is -0.810. The minimum absolute atomic E-state index is 0.192. The Kier molecular flexibility index (Phi) is 3.91. The molecular weight excluding hydrogens is 104 g/mol. The first-order valence-electron chi connectivity index (χ1n) is 2.37. The Morgan fingerprint density at radius 3 is 2.75 bits per heavy atom. The van der Waals surface area contributed by atoms with Gasteiger partial charge >= 0.3 is 0 Å². The van der Waals surface area contributed by atoms with E-state index in [9.17, 15) is 4.79 Å². The summed E-state index contributed by atoms with van der Waals surface area (Å²) >= 11 is 0. The van der Waals surface area contributed by atoms with Crippen LogP contribution in [0.15, 0.2) is 0 Å². The largest absolute Gasteiger partial charge is 0.389 e. The Balaban J connectivity index is 3.15. The molecule has 0 heterocycles. The summed E-state index contributed by atoms with van der Waals surface area (Å²) in [6.45, 7) is -0.387. The fraction of sp³-hybridized carbons (Fsp3) is 0.500. The molecule has 8 heavy (non-hydrogen) atoms. The van der Waals surface area contributed by atoms with Crippen LogP contribution in [-0.4, -0.2) is 17.5 Å². The summed E-state index contributed by atoms with van der Waals surface area (Å²) in [6, 6.07) is 0. The maximum atomic E-state index is 10.2. The minimum atomic E-state index is -0.387. The first-order valence-corrected chi connectivity index (χ1v) is 2.37. The van der Waals surface area contributed by atoms with Crippen molar-refractivity contribution in [3.8, 4) is 12.3 Å². The monoisotopic (exact) mass is 112 g/mol. The highest BCUT2D eigenvalue weighted by molar-refractivity contribution is 5.79. The van der Waals surface area contributed by atoms with E-state index in [0.29, 0.717) is 12.8 Å². The number of terminal acetylenes is 1. The smallest absolute Gasteiger partial charge is 0.159 e. The highest BCUT2D eigenvalue weighted by Crippen LogP contribution is 1.85. The third-order valence-corrected chi connectivity index (χ3v) is 0.725. The zero-order valence-electron chi connectivity index (χ0n) is 4.55. The zero-order chi connectivity index (χ0) is 6.41. The van der Waals surface area contributed by atoms with Gasteiger partial charge < -0.3 is 5.11 Å². The molecule has 0 saturated carbocycles. The maximum absolute atomic E-state index is 10.2. The van der Waals surface area contributed by atoms with Crippen molar-refractivity contribution in [2.45, 2.75) is 12.8 Å². The second-order valence-electron chi connectivity index (χ2n) is 1.40. The van der Waals surface area contributed by atoms with Crippen molar-refractivity contribution in [3.63, 3.8) is 0 Å². The topological polar surface area (TPSA) is 37.3 Å². The van der Waals surface area contributed by atoms with Crippen LogP contribution in [0.1, 0.15) is 12.8 Å². The molecule has 44 valence electrons. The van der Waals surface area contributed by atoms with Crippen LogP contribution in [0.3, 0.4) is 0 Å². The number of hydrogen-bond acceptors (Lipinski definition) is 2. The van der Waals surface area contributed by atoms with Crippen LogP contribution in [0, 0.1) is 12.3 Å². The average Bonchev–Trinajstić information content (AvgIpc) is 1.83. The van der Waals surface area contributed by atoms with Gasteiger partial charge in [0.05, 0.1) is 0 Å². The number of aliphatic hydroxyl groups is 1. The summed E-state index contributed by atoms with van der Waals surface area (Å²) in [5, 5.41) is 8.14. The summed E-state index contributed by atoms with van der Waals surface area (Å²) in [4.78, 5) is 10.2. The van der Waals surface area contributed by atoms with E-state index in [2.05, 4.69) is 5.92 Å². The molecule has 0 aliphatic rings. The molecule has 1 N–H and O–H groups in total. The molecule has 2 heteroatoms. The van der Waals surface area contributed by atoms with E-state index >= 15 is 0 Å². The molecule has 0 aromatic rings. The van der Waals surface area contributed by atoms with E-state index < -0.39 is 0 Å². The molecule has 0 fully saturated rings. The number of ketones is 1. The number of carbonyl (C=O) groups is 1. The Morgan fingerprint density at radius 2 is 2.38 bits per heavy atom. The molecule has 0 aliphatic heterocycles. The predicted molar refractivity (Wildman–Crippen MR) is 30.2 cm³/mol. The summed E-state index contributed by atoms with van der Waals surface area (Å²) in [5.41, 5.74) is 0. The van der Waals surface area contributed by atoms with Crippen molar-refractivity contribution < 1.29 is 9.90 Å². The number of hydrogen-bond donors (Lipinski definition) is 1. The third kappa shape index (κ3) is 3.38. The van der Waals surface area contributed by atoms with E-state index in [0.717, 1.165) is 0 Å². The van der Waals surface area contributed by atoms with E-state index in [-0.39, 0.29) is 12.4 Å². The van der Waals surface area contributed by atoms with E-state index in [1.807, 2.05) is 0 Å². The third-order valence-electron chi connectivity index (χ3n) is 0.725. The summed E-state index contributed by atoms with van der Waals surface area (Å²) in [6.07, 6.45) is 5.58. The Labute approximate surface area is 48.5 Å². The number of rotatable bonds is 3. The molecule has 0 amide bonds. The van der Waals surface area contributed by atoms with Crippen molar-refractivity contribution in [1.29, 1.82) is 0 Å². The lowest BCUT2D eigenvalue weighted by molar-refractivity contribution is -0.121. The molecule has 0 aromatic heterocycles. The van der Waals surface area contributed by atoms with Crippen molar-refractivity contribution in [3.05, 3.63) is 0 Å². The Bertz CT molecular complexity index is 110. The number of Topliss-reactive ketones (excluding diaryl/α,β-unsaturated/α-hetero) is 1. The summed E-state index contributed by atoms with van der Waals surface area (Å²) in [5.74, 6) is 2.11. The zero-order valence-corrected chi connectivity index (χ0v) is 4.55. The van der Waals surface area contributed by atoms with Crippen molar-refractivity contribution >= 4 is 5.78 Å². The van der Waals surface area contributed by atoms with Gasteiger partial charge in [0.15, 0.2) is 5.78 Å². The Morgan fingerprint density at radius 1 is 1.75 bits per heavy atom. The van der Waals surface area contributed by atoms with Crippen molar-refractivity contribution in [2.24, 2.45) is 0 Å². The molecule has 0 aliphatic carbocycles.